The van der Waals surface area contributed by atoms with Crippen molar-refractivity contribution in [2.75, 3.05) is 6.54 Å². The highest BCUT2D eigenvalue weighted by Crippen LogP contribution is 2.16. The second-order valence-corrected chi connectivity index (χ2v) is 3.81. The van der Waals surface area contributed by atoms with Gasteiger partial charge in [0.15, 0.2) is 0 Å². The van der Waals surface area contributed by atoms with Crippen LogP contribution in [0.2, 0.25) is 0 Å². The largest absolute Gasteiger partial charge is 0.424 e. The minimum absolute atomic E-state index is 0.0973. The zero-order valence-corrected chi connectivity index (χ0v) is 7.97. The molecule has 1 atom stereocenters. The summed E-state index contributed by atoms with van der Waals surface area (Å²) in [7, 11) is 0. The normalized spacial score (nSPS) is 21.7. The number of ether oxygens (including phenoxy) is 1. The first-order chi connectivity index (χ1) is 6.36. The topological polar surface area (TPSA) is 38.3 Å². The Morgan fingerprint density at radius 2 is 2.62 bits per heavy atom. The van der Waals surface area contributed by atoms with Gasteiger partial charge in [-0.05, 0) is 30.8 Å². The zero-order valence-electron chi connectivity index (χ0n) is 7.16. The zero-order chi connectivity index (χ0) is 9.10. The first kappa shape index (κ1) is 8.72. The summed E-state index contributed by atoms with van der Waals surface area (Å²) in [5.74, 6) is 0.500. The fraction of sp³-hybridized carbons (Fsp3) is 0.444. The number of hydrogen-bond donors (Lipinski definition) is 1. The molecule has 0 aliphatic carbocycles. The van der Waals surface area contributed by atoms with Crippen LogP contribution in [0, 0.1) is 0 Å². The number of carbonyl (C=O) groups is 1. The highest BCUT2D eigenvalue weighted by atomic mass is 32.1. The number of rotatable bonds is 2. The van der Waals surface area contributed by atoms with Crippen molar-refractivity contribution in [2.45, 2.75) is 18.9 Å². The van der Waals surface area contributed by atoms with E-state index in [4.69, 9.17) is 4.74 Å². The van der Waals surface area contributed by atoms with Crippen molar-refractivity contribution in [1.29, 1.82) is 0 Å². The van der Waals surface area contributed by atoms with Crippen LogP contribution in [0.5, 0.6) is 5.75 Å². The molecule has 0 bridgehead atoms. The minimum Gasteiger partial charge on any atom is -0.424 e. The van der Waals surface area contributed by atoms with Crippen LogP contribution in [0.1, 0.15) is 12.8 Å². The van der Waals surface area contributed by atoms with Crippen molar-refractivity contribution in [3.63, 3.8) is 0 Å². The molecule has 1 aliphatic heterocycles. The molecule has 4 heteroatoms. The Balaban J connectivity index is 1.91. The summed E-state index contributed by atoms with van der Waals surface area (Å²) < 4.78 is 5.15. The number of hydrogen-bond acceptors (Lipinski definition) is 4. The maximum atomic E-state index is 11.4. The van der Waals surface area contributed by atoms with Gasteiger partial charge in [-0.15, -0.1) is 11.3 Å². The van der Waals surface area contributed by atoms with Gasteiger partial charge in [0.05, 0.1) is 0 Å². The molecule has 0 spiro atoms. The summed E-state index contributed by atoms with van der Waals surface area (Å²) in [6.45, 7) is 0.920. The van der Waals surface area contributed by atoms with Crippen molar-refractivity contribution in [3.05, 3.63) is 16.8 Å². The summed E-state index contributed by atoms with van der Waals surface area (Å²) in [6, 6.07) is 1.71. The van der Waals surface area contributed by atoms with E-state index in [1.54, 1.807) is 6.07 Å². The number of carbonyl (C=O) groups excluding carboxylic acids is 1. The molecule has 1 N–H and O–H groups in total. The van der Waals surface area contributed by atoms with Crippen LogP contribution >= 0.6 is 11.3 Å². The van der Waals surface area contributed by atoms with E-state index < -0.39 is 0 Å². The Morgan fingerprint density at radius 1 is 1.69 bits per heavy atom. The summed E-state index contributed by atoms with van der Waals surface area (Å²) in [5.41, 5.74) is 0. The average molecular weight is 197 g/mol. The van der Waals surface area contributed by atoms with Gasteiger partial charge in [0.1, 0.15) is 11.8 Å². The van der Waals surface area contributed by atoms with Gasteiger partial charge in [0.2, 0.25) is 0 Å². The molecule has 1 aromatic heterocycles. The van der Waals surface area contributed by atoms with Gasteiger partial charge in [-0.25, -0.2) is 4.79 Å². The van der Waals surface area contributed by atoms with Crippen LogP contribution < -0.4 is 10.1 Å². The third kappa shape index (κ3) is 2.08. The van der Waals surface area contributed by atoms with Crippen molar-refractivity contribution < 1.29 is 9.53 Å². The molecular weight excluding hydrogens is 186 g/mol. The lowest BCUT2D eigenvalue weighted by Gasteiger charge is -2.07. The fourth-order valence-corrected chi connectivity index (χ4v) is 1.94. The number of nitrogens with one attached hydrogen (secondary N) is 1. The molecule has 2 heterocycles. The predicted molar refractivity (Wildman–Crippen MR) is 51.0 cm³/mol. The van der Waals surface area contributed by atoms with E-state index >= 15 is 0 Å². The molecule has 1 fully saturated rings. The van der Waals surface area contributed by atoms with Gasteiger partial charge in [0, 0.05) is 5.38 Å². The molecule has 70 valence electrons. The second kappa shape index (κ2) is 3.89. The quantitative estimate of drug-likeness (QED) is 0.728. The first-order valence-corrected chi connectivity index (χ1v) is 5.28. The van der Waals surface area contributed by atoms with Gasteiger partial charge in [0.25, 0.3) is 0 Å². The van der Waals surface area contributed by atoms with Crippen LogP contribution in [0.4, 0.5) is 0 Å². The standard InChI is InChI=1S/C9H11NO2S/c11-9(8-2-1-4-10-8)12-7-3-5-13-6-7/h3,5-6,8,10H,1-2,4H2/t8-/m0/s1. The van der Waals surface area contributed by atoms with E-state index in [0.717, 1.165) is 19.4 Å². The van der Waals surface area contributed by atoms with E-state index in [2.05, 4.69) is 5.32 Å². The lowest BCUT2D eigenvalue weighted by atomic mass is 10.2. The van der Waals surface area contributed by atoms with Gasteiger partial charge in [-0.1, -0.05) is 0 Å². The van der Waals surface area contributed by atoms with Gasteiger partial charge >= 0.3 is 5.97 Å². The summed E-state index contributed by atoms with van der Waals surface area (Å²) in [6.07, 6.45) is 1.95. The summed E-state index contributed by atoms with van der Waals surface area (Å²) >= 11 is 1.53. The van der Waals surface area contributed by atoms with E-state index in [1.165, 1.54) is 11.3 Å². The molecule has 0 radical (unpaired) electrons. The third-order valence-corrected chi connectivity index (χ3v) is 2.72. The molecule has 0 unspecified atom stereocenters. The molecule has 0 saturated carbocycles. The van der Waals surface area contributed by atoms with Crippen molar-refractivity contribution in [2.24, 2.45) is 0 Å². The monoisotopic (exact) mass is 197 g/mol. The molecule has 0 amide bonds. The lowest BCUT2D eigenvalue weighted by molar-refractivity contribution is -0.136. The minimum atomic E-state index is -0.157. The molecule has 1 aromatic rings. The summed E-state index contributed by atoms with van der Waals surface area (Å²) in [5, 5.41) is 6.82. The molecule has 2 rings (SSSR count). The van der Waals surface area contributed by atoms with E-state index in [1.807, 2.05) is 10.8 Å². The average Bonchev–Trinajstić information content (AvgIpc) is 2.74. The fourth-order valence-electron chi connectivity index (χ4n) is 1.38. The molecular formula is C9H11NO2S. The molecule has 1 saturated heterocycles. The van der Waals surface area contributed by atoms with Crippen molar-refractivity contribution in [1.82, 2.24) is 5.32 Å². The SMILES string of the molecule is O=C(Oc1ccsc1)[C@@H]1CCCN1. The smallest absolute Gasteiger partial charge is 0.328 e. The Morgan fingerprint density at radius 3 is 3.23 bits per heavy atom. The molecule has 0 aromatic carbocycles. The van der Waals surface area contributed by atoms with Crippen molar-refractivity contribution in [3.8, 4) is 5.75 Å². The number of thiophene rings is 1. The molecule has 3 nitrogen and oxygen atoms in total. The Hall–Kier alpha value is -0.870. The van der Waals surface area contributed by atoms with Crippen LogP contribution in [0.15, 0.2) is 16.8 Å². The van der Waals surface area contributed by atoms with Gasteiger partial charge in [-0.2, -0.15) is 0 Å². The highest BCUT2D eigenvalue weighted by molar-refractivity contribution is 7.08. The van der Waals surface area contributed by atoms with E-state index in [-0.39, 0.29) is 12.0 Å². The molecule has 1 aliphatic rings. The van der Waals surface area contributed by atoms with Crippen LogP contribution in [-0.4, -0.2) is 18.6 Å². The highest BCUT2D eigenvalue weighted by Gasteiger charge is 2.23. The van der Waals surface area contributed by atoms with Gasteiger partial charge in [-0.3, -0.25) is 0 Å². The van der Waals surface area contributed by atoms with E-state index in [0.29, 0.717) is 5.75 Å². The van der Waals surface area contributed by atoms with Crippen LogP contribution in [-0.2, 0) is 4.79 Å². The van der Waals surface area contributed by atoms with Crippen LogP contribution in [0.25, 0.3) is 0 Å². The second-order valence-electron chi connectivity index (χ2n) is 3.03. The van der Waals surface area contributed by atoms with Crippen molar-refractivity contribution >= 4 is 17.3 Å². The first-order valence-electron chi connectivity index (χ1n) is 4.33. The lowest BCUT2D eigenvalue weighted by Crippen LogP contribution is -2.34. The van der Waals surface area contributed by atoms with Crippen LogP contribution in [0.3, 0.4) is 0 Å². The predicted octanol–water partition coefficient (Wildman–Crippen LogP) is 1.41. The summed E-state index contributed by atoms with van der Waals surface area (Å²) in [4.78, 5) is 11.4. The molecule has 13 heavy (non-hydrogen) atoms. The number of esters is 1. The maximum absolute atomic E-state index is 11.4. The Kier molecular flexibility index (Phi) is 2.61. The maximum Gasteiger partial charge on any atom is 0.328 e. The van der Waals surface area contributed by atoms with E-state index in [9.17, 15) is 4.79 Å². The third-order valence-electron chi connectivity index (χ3n) is 2.06. The Bertz CT molecular complexity index is 278. The van der Waals surface area contributed by atoms with Gasteiger partial charge < -0.3 is 10.1 Å². The Labute approximate surface area is 80.7 Å².